The van der Waals surface area contributed by atoms with E-state index < -0.39 is 6.10 Å². The Morgan fingerprint density at radius 2 is 1.67 bits per heavy atom. The summed E-state index contributed by atoms with van der Waals surface area (Å²) in [4.78, 5) is 0. The Bertz CT molecular complexity index is 125. The number of hydrogen-bond acceptors (Lipinski definition) is 5. The molecule has 0 aromatic carbocycles. The van der Waals surface area contributed by atoms with Crippen LogP contribution in [0.25, 0.3) is 0 Å². The molecule has 0 amide bonds. The van der Waals surface area contributed by atoms with Crippen LogP contribution in [-0.2, 0) is 18.9 Å². The molecule has 2 unspecified atom stereocenters. The molecule has 0 spiro atoms. The van der Waals surface area contributed by atoms with Crippen LogP contribution in [0.15, 0.2) is 0 Å². The maximum atomic E-state index is 9.30. The van der Waals surface area contributed by atoms with E-state index in [-0.39, 0.29) is 19.3 Å². The Labute approximate surface area is 91.3 Å². The molecule has 2 atom stereocenters. The molecule has 92 valence electrons. The predicted octanol–water partition coefficient (Wildman–Crippen LogP) is 0.0618. The van der Waals surface area contributed by atoms with Crippen LogP contribution in [-0.4, -0.2) is 64.6 Å². The highest BCUT2D eigenvalue weighted by Crippen LogP contribution is 1.96. The van der Waals surface area contributed by atoms with Crippen LogP contribution in [0.3, 0.4) is 0 Å². The molecule has 0 fully saturated rings. The van der Waals surface area contributed by atoms with E-state index >= 15 is 0 Å². The van der Waals surface area contributed by atoms with Crippen LogP contribution in [0.5, 0.6) is 0 Å². The van der Waals surface area contributed by atoms with E-state index in [0.717, 1.165) is 0 Å². The summed E-state index contributed by atoms with van der Waals surface area (Å²) < 4.78 is 20.4. The average Bonchev–Trinajstić information content (AvgIpc) is 2.19. The fourth-order valence-electron chi connectivity index (χ4n) is 1.14. The van der Waals surface area contributed by atoms with Crippen molar-refractivity contribution in [1.29, 1.82) is 0 Å². The minimum atomic E-state index is -0.583. The molecule has 0 aliphatic heterocycles. The van der Waals surface area contributed by atoms with Gasteiger partial charge in [-0.2, -0.15) is 0 Å². The van der Waals surface area contributed by atoms with Crippen molar-refractivity contribution < 1.29 is 24.1 Å². The summed E-state index contributed by atoms with van der Waals surface area (Å²) in [5.74, 6) is 0. The zero-order valence-corrected chi connectivity index (χ0v) is 9.77. The molecular formula is C10H22O5. The third-order valence-corrected chi connectivity index (χ3v) is 1.73. The first kappa shape index (κ1) is 14.8. The first-order chi connectivity index (χ1) is 7.24. The second-order valence-electron chi connectivity index (χ2n) is 3.18. The summed E-state index contributed by atoms with van der Waals surface area (Å²) in [5.41, 5.74) is 0. The van der Waals surface area contributed by atoms with Crippen LogP contribution in [0, 0.1) is 0 Å². The third kappa shape index (κ3) is 8.77. The van der Waals surface area contributed by atoms with E-state index in [4.69, 9.17) is 18.9 Å². The Morgan fingerprint density at radius 3 is 2.20 bits per heavy atom. The number of rotatable bonds is 10. The van der Waals surface area contributed by atoms with Crippen molar-refractivity contribution in [1.82, 2.24) is 0 Å². The van der Waals surface area contributed by atoms with Gasteiger partial charge in [-0.1, -0.05) is 0 Å². The minimum Gasteiger partial charge on any atom is -0.388 e. The SMILES string of the molecule is CCOC(COC)COCC(O)COC. The van der Waals surface area contributed by atoms with Gasteiger partial charge in [-0.3, -0.25) is 0 Å². The Hall–Kier alpha value is -0.200. The smallest absolute Gasteiger partial charge is 0.104 e. The molecule has 0 saturated heterocycles. The lowest BCUT2D eigenvalue weighted by Gasteiger charge is -2.17. The standard InChI is InChI=1S/C10H22O5/c1-4-15-10(7-13-3)8-14-6-9(11)5-12-2/h9-11H,4-8H2,1-3H3. The fraction of sp³-hybridized carbons (Fsp3) is 1.00. The summed E-state index contributed by atoms with van der Waals surface area (Å²) >= 11 is 0. The first-order valence-electron chi connectivity index (χ1n) is 5.09. The highest BCUT2D eigenvalue weighted by molar-refractivity contribution is 4.56. The Morgan fingerprint density at radius 1 is 1.00 bits per heavy atom. The summed E-state index contributed by atoms with van der Waals surface area (Å²) in [6.07, 6.45) is -0.658. The molecule has 0 rings (SSSR count). The zero-order chi connectivity index (χ0) is 11.5. The van der Waals surface area contributed by atoms with Crippen molar-refractivity contribution in [3.8, 4) is 0 Å². The van der Waals surface area contributed by atoms with Gasteiger partial charge in [0, 0.05) is 20.8 Å². The van der Waals surface area contributed by atoms with Crippen molar-refractivity contribution in [2.75, 3.05) is 47.3 Å². The van der Waals surface area contributed by atoms with Crippen molar-refractivity contribution in [3.05, 3.63) is 0 Å². The molecule has 0 aliphatic rings. The van der Waals surface area contributed by atoms with E-state index in [1.54, 1.807) is 7.11 Å². The maximum absolute atomic E-state index is 9.30. The van der Waals surface area contributed by atoms with Crippen molar-refractivity contribution in [3.63, 3.8) is 0 Å². The molecule has 5 nitrogen and oxygen atoms in total. The molecule has 1 N–H and O–H groups in total. The lowest BCUT2D eigenvalue weighted by atomic mass is 10.4. The van der Waals surface area contributed by atoms with Gasteiger partial charge in [-0.15, -0.1) is 0 Å². The van der Waals surface area contributed by atoms with Crippen LogP contribution in [0.1, 0.15) is 6.92 Å². The summed E-state index contributed by atoms with van der Waals surface area (Å²) in [6, 6.07) is 0. The van der Waals surface area contributed by atoms with Gasteiger partial charge in [0.2, 0.25) is 0 Å². The molecule has 0 bridgehead atoms. The highest BCUT2D eigenvalue weighted by atomic mass is 16.6. The monoisotopic (exact) mass is 222 g/mol. The van der Waals surface area contributed by atoms with E-state index in [1.807, 2.05) is 6.92 Å². The lowest BCUT2D eigenvalue weighted by Crippen LogP contribution is -2.28. The molecule has 0 saturated carbocycles. The number of aliphatic hydroxyl groups is 1. The van der Waals surface area contributed by atoms with E-state index in [0.29, 0.717) is 19.8 Å². The average molecular weight is 222 g/mol. The number of ether oxygens (including phenoxy) is 4. The summed E-state index contributed by atoms with van der Waals surface area (Å²) in [7, 11) is 3.16. The van der Waals surface area contributed by atoms with Crippen molar-refractivity contribution in [2.45, 2.75) is 19.1 Å². The van der Waals surface area contributed by atoms with Gasteiger partial charge >= 0.3 is 0 Å². The zero-order valence-electron chi connectivity index (χ0n) is 9.77. The van der Waals surface area contributed by atoms with Gasteiger partial charge in [0.1, 0.15) is 12.2 Å². The quantitative estimate of drug-likeness (QED) is 0.566. The highest BCUT2D eigenvalue weighted by Gasteiger charge is 2.10. The lowest BCUT2D eigenvalue weighted by molar-refractivity contribution is -0.0697. The molecular weight excluding hydrogens is 200 g/mol. The van der Waals surface area contributed by atoms with E-state index in [9.17, 15) is 5.11 Å². The molecule has 0 aromatic heterocycles. The second-order valence-corrected chi connectivity index (χ2v) is 3.18. The fourth-order valence-corrected chi connectivity index (χ4v) is 1.14. The second kappa shape index (κ2) is 10.3. The number of hydrogen-bond donors (Lipinski definition) is 1. The van der Waals surface area contributed by atoms with Gasteiger partial charge in [0.15, 0.2) is 0 Å². The molecule has 0 aliphatic carbocycles. The predicted molar refractivity (Wildman–Crippen MR) is 56.0 cm³/mol. The van der Waals surface area contributed by atoms with Crippen LogP contribution in [0.2, 0.25) is 0 Å². The molecule has 5 heteroatoms. The van der Waals surface area contributed by atoms with Crippen LogP contribution >= 0.6 is 0 Å². The normalized spacial score (nSPS) is 15.2. The molecule has 0 heterocycles. The third-order valence-electron chi connectivity index (χ3n) is 1.73. The summed E-state index contributed by atoms with van der Waals surface area (Å²) in [5, 5.41) is 9.30. The molecule has 15 heavy (non-hydrogen) atoms. The van der Waals surface area contributed by atoms with Gasteiger partial charge in [0.05, 0.1) is 26.4 Å². The number of methoxy groups -OCH3 is 2. The molecule has 0 aromatic rings. The first-order valence-corrected chi connectivity index (χ1v) is 5.09. The molecule has 0 radical (unpaired) electrons. The summed E-state index contributed by atoms with van der Waals surface area (Å²) in [6.45, 7) is 3.99. The van der Waals surface area contributed by atoms with Gasteiger partial charge in [-0.25, -0.2) is 0 Å². The van der Waals surface area contributed by atoms with Crippen molar-refractivity contribution >= 4 is 0 Å². The maximum Gasteiger partial charge on any atom is 0.104 e. The van der Waals surface area contributed by atoms with Crippen molar-refractivity contribution in [2.24, 2.45) is 0 Å². The van der Waals surface area contributed by atoms with Gasteiger partial charge < -0.3 is 24.1 Å². The van der Waals surface area contributed by atoms with Gasteiger partial charge in [0.25, 0.3) is 0 Å². The minimum absolute atomic E-state index is 0.0743. The topological polar surface area (TPSA) is 57.2 Å². The Kier molecular flexibility index (Phi) is 10.2. The number of aliphatic hydroxyl groups excluding tert-OH is 1. The van der Waals surface area contributed by atoms with Crippen LogP contribution in [0.4, 0.5) is 0 Å². The largest absolute Gasteiger partial charge is 0.388 e. The van der Waals surface area contributed by atoms with E-state index in [1.165, 1.54) is 7.11 Å². The van der Waals surface area contributed by atoms with Gasteiger partial charge in [-0.05, 0) is 6.92 Å². The Balaban J connectivity index is 3.51. The van der Waals surface area contributed by atoms with E-state index in [2.05, 4.69) is 0 Å². The van der Waals surface area contributed by atoms with Crippen LogP contribution < -0.4 is 0 Å².